The number of hydrogen-bond donors (Lipinski definition) is 0. The first kappa shape index (κ1) is 19.2. The molecule has 0 unspecified atom stereocenters. The second-order valence-corrected chi connectivity index (χ2v) is 6.84. The average Bonchev–Trinajstić information content (AvgIpc) is 3.02. The quantitative estimate of drug-likeness (QED) is 0.625. The first-order valence-electron chi connectivity index (χ1n) is 9.01. The molecule has 0 N–H and O–H groups in total. The van der Waals surface area contributed by atoms with Crippen molar-refractivity contribution in [2.75, 3.05) is 7.11 Å². The molecule has 1 aliphatic rings. The summed E-state index contributed by atoms with van der Waals surface area (Å²) in [6.07, 6.45) is -3.01. The van der Waals surface area contributed by atoms with Gasteiger partial charge in [-0.25, -0.2) is 19.3 Å². The molecule has 0 aliphatic carbocycles. The minimum absolute atomic E-state index is 0.168. The first-order chi connectivity index (χ1) is 13.8. The van der Waals surface area contributed by atoms with E-state index >= 15 is 0 Å². The molecule has 0 bridgehead atoms. The number of benzene rings is 1. The summed E-state index contributed by atoms with van der Waals surface area (Å²) in [6, 6.07) is 6.59. The molecule has 0 fully saturated rings. The maximum Gasteiger partial charge on any atom is 0.433 e. The van der Waals surface area contributed by atoms with Crippen LogP contribution < -0.4 is 5.69 Å². The number of carbonyl (C=O) groups excluding carboxylic acids is 1. The van der Waals surface area contributed by atoms with E-state index < -0.39 is 29.6 Å². The van der Waals surface area contributed by atoms with Crippen LogP contribution in [-0.4, -0.2) is 32.4 Å². The van der Waals surface area contributed by atoms with Crippen LogP contribution in [0.2, 0.25) is 0 Å². The van der Waals surface area contributed by atoms with E-state index in [1.807, 2.05) is 0 Å². The number of hydrogen-bond acceptors (Lipinski definition) is 5. The molecular weight excluding hydrogens is 389 g/mol. The van der Waals surface area contributed by atoms with Crippen LogP contribution in [0.4, 0.5) is 13.2 Å². The Hall–Kier alpha value is -3.17. The Bertz CT molecular complexity index is 1150. The van der Waals surface area contributed by atoms with Crippen LogP contribution in [0.25, 0.3) is 10.9 Å². The van der Waals surface area contributed by atoms with Crippen molar-refractivity contribution >= 4 is 16.9 Å². The van der Waals surface area contributed by atoms with Crippen LogP contribution in [0.1, 0.15) is 36.0 Å². The summed E-state index contributed by atoms with van der Waals surface area (Å²) < 4.78 is 47.0. The Kier molecular flexibility index (Phi) is 4.64. The predicted molar refractivity (Wildman–Crippen MR) is 96.3 cm³/mol. The SMILES string of the molecule is COC(=O)[C@H]1CCCc2nn(Cc3cc(C(F)(F)F)nc4ccccc34)c(=O)n21. The van der Waals surface area contributed by atoms with Crippen LogP contribution in [0, 0.1) is 0 Å². The molecule has 7 nitrogen and oxygen atoms in total. The van der Waals surface area contributed by atoms with Crippen molar-refractivity contribution in [3.05, 3.63) is 57.9 Å². The summed E-state index contributed by atoms with van der Waals surface area (Å²) in [6.45, 7) is -0.168. The number of aromatic nitrogens is 4. The summed E-state index contributed by atoms with van der Waals surface area (Å²) in [5.74, 6) is -0.118. The molecule has 1 aliphatic heterocycles. The highest BCUT2D eigenvalue weighted by Gasteiger charge is 2.34. The maximum atomic E-state index is 13.3. The number of esters is 1. The van der Waals surface area contributed by atoms with Crippen LogP contribution in [0.5, 0.6) is 0 Å². The topological polar surface area (TPSA) is 79.0 Å². The lowest BCUT2D eigenvalue weighted by molar-refractivity contribution is -0.145. The highest BCUT2D eigenvalue weighted by atomic mass is 19.4. The monoisotopic (exact) mass is 406 g/mol. The first-order valence-corrected chi connectivity index (χ1v) is 9.01. The summed E-state index contributed by atoms with van der Waals surface area (Å²) in [5.41, 5.74) is -1.13. The summed E-state index contributed by atoms with van der Waals surface area (Å²) in [4.78, 5) is 28.6. The van der Waals surface area contributed by atoms with Crippen molar-refractivity contribution in [1.29, 1.82) is 0 Å². The summed E-state index contributed by atoms with van der Waals surface area (Å²) >= 11 is 0. The number of halogens is 3. The number of para-hydroxylation sites is 1. The number of ether oxygens (including phenoxy) is 1. The molecule has 3 aromatic rings. The Morgan fingerprint density at radius 1 is 1.31 bits per heavy atom. The highest BCUT2D eigenvalue weighted by Crippen LogP contribution is 2.31. The van der Waals surface area contributed by atoms with E-state index in [9.17, 15) is 22.8 Å². The molecule has 0 saturated heterocycles. The minimum Gasteiger partial charge on any atom is -0.467 e. The second-order valence-electron chi connectivity index (χ2n) is 6.84. The molecule has 0 spiro atoms. The smallest absolute Gasteiger partial charge is 0.433 e. The maximum absolute atomic E-state index is 13.3. The Labute approximate surface area is 162 Å². The standard InChI is InChI=1S/C19H17F3N4O3/c1-29-17(27)14-7-4-8-16-24-25(18(28)26(14)16)10-11-9-15(19(20,21)22)23-13-6-3-2-5-12(11)13/h2-3,5-6,9,14H,4,7-8,10H2,1H3/t14-/m1/s1. The molecule has 152 valence electrons. The van der Waals surface area contributed by atoms with Gasteiger partial charge >= 0.3 is 17.8 Å². The van der Waals surface area contributed by atoms with Gasteiger partial charge in [0.15, 0.2) is 0 Å². The average molecular weight is 406 g/mol. The number of aryl methyl sites for hydroxylation is 1. The van der Waals surface area contributed by atoms with Gasteiger partial charge in [0, 0.05) is 11.8 Å². The fourth-order valence-electron chi connectivity index (χ4n) is 3.68. The second kappa shape index (κ2) is 7.02. The fraction of sp³-hybridized carbons (Fsp3) is 0.368. The Morgan fingerprint density at radius 3 is 2.79 bits per heavy atom. The van der Waals surface area contributed by atoms with E-state index in [1.165, 1.54) is 17.7 Å². The van der Waals surface area contributed by atoms with E-state index in [0.29, 0.717) is 30.5 Å². The molecule has 1 atom stereocenters. The van der Waals surface area contributed by atoms with Gasteiger partial charge in [-0.3, -0.25) is 4.57 Å². The largest absolute Gasteiger partial charge is 0.467 e. The number of fused-ring (bicyclic) bond motifs is 2. The van der Waals surface area contributed by atoms with Gasteiger partial charge in [-0.1, -0.05) is 18.2 Å². The molecule has 29 heavy (non-hydrogen) atoms. The Morgan fingerprint density at radius 2 is 2.07 bits per heavy atom. The van der Waals surface area contributed by atoms with Crippen LogP contribution >= 0.6 is 0 Å². The lowest BCUT2D eigenvalue weighted by atomic mass is 10.1. The van der Waals surface area contributed by atoms with Gasteiger partial charge in [0.1, 0.15) is 17.6 Å². The zero-order chi connectivity index (χ0) is 20.8. The highest BCUT2D eigenvalue weighted by molar-refractivity contribution is 5.82. The van der Waals surface area contributed by atoms with E-state index in [1.54, 1.807) is 18.2 Å². The normalized spacial score (nSPS) is 16.6. The van der Waals surface area contributed by atoms with E-state index in [-0.39, 0.29) is 17.6 Å². The molecule has 0 saturated carbocycles. The van der Waals surface area contributed by atoms with E-state index in [2.05, 4.69) is 10.1 Å². The molecule has 4 rings (SSSR count). The van der Waals surface area contributed by atoms with Gasteiger partial charge in [0.25, 0.3) is 0 Å². The molecule has 10 heteroatoms. The van der Waals surface area contributed by atoms with Gasteiger partial charge in [-0.15, -0.1) is 0 Å². The summed E-state index contributed by atoms with van der Waals surface area (Å²) in [7, 11) is 1.24. The molecular formula is C19H17F3N4O3. The lowest BCUT2D eigenvalue weighted by Crippen LogP contribution is -2.35. The van der Waals surface area contributed by atoms with Gasteiger partial charge in [-0.05, 0) is 30.5 Å². The van der Waals surface area contributed by atoms with Crippen molar-refractivity contribution in [3.63, 3.8) is 0 Å². The fourth-order valence-corrected chi connectivity index (χ4v) is 3.68. The van der Waals surface area contributed by atoms with Crippen LogP contribution in [0.15, 0.2) is 35.1 Å². The van der Waals surface area contributed by atoms with E-state index in [4.69, 9.17) is 4.74 Å². The molecule has 2 aromatic heterocycles. The van der Waals surface area contributed by atoms with Crippen LogP contribution in [-0.2, 0) is 28.7 Å². The van der Waals surface area contributed by atoms with Crippen molar-refractivity contribution in [2.24, 2.45) is 0 Å². The molecule has 1 aromatic carbocycles. The number of carbonyl (C=O) groups is 1. The third kappa shape index (κ3) is 3.39. The van der Waals surface area contributed by atoms with Gasteiger partial charge < -0.3 is 4.74 Å². The van der Waals surface area contributed by atoms with Gasteiger partial charge in [0.2, 0.25) is 0 Å². The summed E-state index contributed by atoms with van der Waals surface area (Å²) in [5, 5.41) is 4.77. The van der Waals surface area contributed by atoms with Gasteiger partial charge in [0.05, 0.1) is 19.2 Å². The number of nitrogens with zero attached hydrogens (tertiary/aromatic N) is 4. The number of alkyl halides is 3. The zero-order valence-corrected chi connectivity index (χ0v) is 15.4. The van der Waals surface area contributed by atoms with Crippen molar-refractivity contribution in [1.82, 2.24) is 19.3 Å². The van der Waals surface area contributed by atoms with E-state index in [0.717, 1.165) is 10.7 Å². The third-order valence-electron chi connectivity index (χ3n) is 5.02. The number of rotatable bonds is 3. The van der Waals surface area contributed by atoms with Gasteiger partial charge in [-0.2, -0.15) is 18.3 Å². The minimum atomic E-state index is -4.62. The van der Waals surface area contributed by atoms with Crippen molar-refractivity contribution in [2.45, 2.75) is 38.0 Å². The molecule has 3 heterocycles. The zero-order valence-electron chi connectivity index (χ0n) is 15.4. The van der Waals surface area contributed by atoms with Crippen molar-refractivity contribution < 1.29 is 22.7 Å². The third-order valence-corrected chi connectivity index (χ3v) is 5.02. The lowest BCUT2D eigenvalue weighted by Gasteiger charge is -2.20. The number of methoxy groups -OCH3 is 1. The Balaban J connectivity index is 1.82. The predicted octanol–water partition coefficient (Wildman–Crippen LogP) is 2.71. The van der Waals surface area contributed by atoms with Crippen molar-refractivity contribution in [3.8, 4) is 0 Å². The molecule has 0 amide bonds. The molecule has 0 radical (unpaired) electrons. The van der Waals surface area contributed by atoms with Crippen LogP contribution in [0.3, 0.4) is 0 Å². The number of pyridine rings is 1.